The summed E-state index contributed by atoms with van der Waals surface area (Å²) in [7, 11) is 3.47. The maximum atomic E-state index is 5.34. The third kappa shape index (κ3) is 2.56. The maximum absolute atomic E-state index is 5.34. The van der Waals surface area contributed by atoms with Crippen LogP contribution in [0, 0.1) is 0 Å². The molecule has 0 saturated carbocycles. The summed E-state index contributed by atoms with van der Waals surface area (Å²) >= 11 is 3.48. The van der Waals surface area contributed by atoms with Gasteiger partial charge in [0.1, 0.15) is 5.75 Å². The molecule has 0 atom stereocenters. The van der Waals surface area contributed by atoms with E-state index in [-0.39, 0.29) is 0 Å². The molecule has 1 heterocycles. The molecule has 0 radical (unpaired) electrons. The molecule has 2 rings (SSSR count). The van der Waals surface area contributed by atoms with Gasteiger partial charge in [0.2, 0.25) is 0 Å². The summed E-state index contributed by atoms with van der Waals surface area (Å²) in [6.45, 7) is 2.93. The van der Waals surface area contributed by atoms with E-state index in [0.29, 0.717) is 6.10 Å². The largest absolute Gasteiger partial charge is 0.496 e. The van der Waals surface area contributed by atoms with E-state index in [4.69, 9.17) is 9.47 Å². The van der Waals surface area contributed by atoms with E-state index >= 15 is 0 Å². The minimum Gasteiger partial charge on any atom is -0.496 e. The average molecular weight is 286 g/mol. The van der Waals surface area contributed by atoms with Gasteiger partial charge in [0.15, 0.2) is 0 Å². The van der Waals surface area contributed by atoms with Crippen LogP contribution in [0.5, 0.6) is 5.75 Å². The SMILES string of the molecule is COc1ccc(Br)cc1CN1CC(OC)C1. The Hall–Kier alpha value is -0.580. The molecule has 4 heteroatoms. The Balaban J connectivity index is 2.01. The van der Waals surface area contributed by atoms with Crippen molar-refractivity contribution >= 4 is 15.9 Å². The fourth-order valence-corrected chi connectivity index (χ4v) is 2.32. The van der Waals surface area contributed by atoms with Gasteiger partial charge in [0, 0.05) is 36.8 Å². The first-order valence-electron chi connectivity index (χ1n) is 5.30. The van der Waals surface area contributed by atoms with Gasteiger partial charge < -0.3 is 9.47 Å². The number of hydrogen-bond acceptors (Lipinski definition) is 3. The van der Waals surface area contributed by atoms with E-state index < -0.39 is 0 Å². The predicted molar refractivity (Wildman–Crippen MR) is 66.8 cm³/mol. The number of likely N-dealkylation sites (tertiary alicyclic amines) is 1. The second kappa shape index (κ2) is 5.17. The van der Waals surface area contributed by atoms with Crippen LogP contribution in [0.3, 0.4) is 0 Å². The molecule has 0 aliphatic carbocycles. The van der Waals surface area contributed by atoms with Gasteiger partial charge >= 0.3 is 0 Å². The predicted octanol–water partition coefficient (Wildman–Crippen LogP) is 2.29. The maximum Gasteiger partial charge on any atom is 0.123 e. The van der Waals surface area contributed by atoms with Crippen LogP contribution in [0.25, 0.3) is 0 Å². The van der Waals surface area contributed by atoms with Crippen molar-refractivity contribution in [2.75, 3.05) is 27.3 Å². The van der Waals surface area contributed by atoms with Crippen molar-refractivity contribution in [3.63, 3.8) is 0 Å². The summed E-state index contributed by atoms with van der Waals surface area (Å²) in [5, 5.41) is 0. The van der Waals surface area contributed by atoms with Crippen molar-refractivity contribution in [1.29, 1.82) is 0 Å². The Kier molecular flexibility index (Phi) is 3.84. The highest BCUT2D eigenvalue weighted by Crippen LogP contribution is 2.26. The fraction of sp³-hybridized carbons (Fsp3) is 0.500. The number of nitrogens with zero attached hydrogens (tertiary/aromatic N) is 1. The van der Waals surface area contributed by atoms with E-state index in [0.717, 1.165) is 29.9 Å². The van der Waals surface area contributed by atoms with Crippen LogP contribution >= 0.6 is 15.9 Å². The summed E-state index contributed by atoms with van der Waals surface area (Å²) in [5.74, 6) is 0.948. The molecule has 0 N–H and O–H groups in total. The zero-order valence-corrected chi connectivity index (χ0v) is 11.2. The summed E-state index contributed by atoms with van der Waals surface area (Å²) in [6.07, 6.45) is 0.401. The molecule has 88 valence electrons. The standard InChI is InChI=1S/C12H16BrNO2/c1-15-11-7-14(8-11)6-9-5-10(13)3-4-12(9)16-2/h3-5,11H,6-8H2,1-2H3. The number of methoxy groups -OCH3 is 2. The second-order valence-electron chi connectivity index (χ2n) is 4.01. The van der Waals surface area contributed by atoms with Crippen molar-refractivity contribution < 1.29 is 9.47 Å². The summed E-state index contributed by atoms with van der Waals surface area (Å²) in [6, 6.07) is 6.10. The summed E-state index contributed by atoms with van der Waals surface area (Å²) in [5.41, 5.74) is 1.21. The Morgan fingerprint density at radius 3 is 2.75 bits per heavy atom. The van der Waals surface area contributed by atoms with Crippen molar-refractivity contribution in [2.24, 2.45) is 0 Å². The summed E-state index contributed by atoms with van der Waals surface area (Å²) < 4.78 is 11.7. The Labute approximate surface area is 104 Å². The van der Waals surface area contributed by atoms with E-state index in [1.165, 1.54) is 5.56 Å². The number of hydrogen-bond donors (Lipinski definition) is 0. The van der Waals surface area contributed by atoms with Gasteiger partial charge in [-0.2, -0.15) is 0 Å². The second-order valence-corrected chi connectivity index (χ2v) is 4.92. The molecular formula is C12H16BrNO2. The molecule has 0 amide bonds. The number of ether oxygens (including phenoxy) is 2. The monoisotopic (exact) mass is 285 g/mol. The quantitative estimate of drug-likeness (QED) is 0.847. The highest BCUT2D eigenvalue weighted by Gasteiger charge is 2.26. The van der Waals surface area contributed by atoms with Gasteiger partial charge in [-0.3, -0.25) is 4.90 Å². The highest BCUT2D eigenvalue weighted by molar-refractivity contribution is 9.10. The zero-order valence-electron chi connectivity index (χ0n) is 9.57. The van der Waals surface area contributed by atoms with Crippen LogP contribution in [-0.2, 0) is 11.3 Å². The number of benzene rings is 1. The molecule has 1 fully saturated rings. The molecule has 1 aromatic rings. The lowest BCUT2D eigenvalue weighted by Gasteiger charge is -2.38. The van der Waals surface area contributed by atoms with Gasteiger partial charge in [-0.15, -0.1) is 0 Å². The molecule has 0 unspecified atom stereocenters. The number of rotatable bonds is 4. The average Bonchev–Trinajstić information content (AvgIpc) is 2.23. The Bertz CT molecular complexity index is 364. The third-order valence-electron chi connectivity index (χ3n) is 2.89. The van der Waals surface area contributed by atoms with Crippen LogP contribution in [0.4, 0.5) is 0 Å². The van der Waals surface area contributed by atoms with Gasteiger partial charge in [0.25, 0.3) is 0 Å². The van der Waals surface area contributed by atoms with Crippen molar-refractivity contribution in [3.05, 3.63) is 28.2 Å². The topological polar surface area (TPSA) is 21.7 Å². The molecule has 1 aliphatic rings. The molecule has 0 spiro atoms. The third-order valence-corrected chi connectivity index (χ3v) is 3.39. The molecule has 1 saturated heterocycles. The lowest BCUT2D eigenvalue weighted by atomic mass is 10.1. The Morgan fingerprint density at radius 2 is 2.12 bits per heavy atom. The molecule has 3 nitrogen and oxygen atoms in total. The molecule has 0 bridgehead atoms. The lowest BCUT2D eigenvalue weighted by Crippen LogP contribution is -2.50. The van der Waals surface area contributed by atoms with Crippen molar-refractivity contribution in [2.45, 2.75) is 12.6 Å². The van der Waals surface area contributed by atoms with Crippen molar-refractivity contribution in [1.82, 2.24) is 4.90 Å². The normalized spacial score (nSPS) is 17.2. The van der Waals surface area contributed by atoms with Crippen molar-refractivity contribution in [3.8, 4) is 5.75 Å². The fourth-order valence-electron chi connectivity index (χ4n) is 1.91. The van der Waals surface area contributed by atoms with E-state index in [1.54, 1.807) is 14.2 Å². The van der Waals surface area contributed by atoms with Gasteiger partial charge in [-0.25, -0.2) is 0 Å². The van der Waals surface area contributed by atoms with Gasteiger partial charge in [-0.1, -0.05) is 15.9 Å². The molecule has 1 aliphatic heterocycles. The zero-order chi connectivity index (χ0) is 11.5. The molecule has 1 aromatic carbocycles. The van der Waals surface area contributed by atoms with Gasteiger partial charge in [0.05, 0.1) is 13.2 Å². The molecular weight excluding hydrogens is 270 g/mol. The van der Waals surface area contributed by atoms with Gasteiger partial charge in [-0.05, 0) is 18.2 Å². The minimum absolute atomic E-state index is 0.401. The van der Waals surface area contributed by atoms with E-state index in [1.807, 2.05) is 12.1 Å². The Morgan fingerprint density at radius 1 is 1.38 bits per heavy atom. The molecule has 16 heavy (non-hydrogen) atoms. The number of halogens is 1. The first-order chi connectivity index (χ1) is 7.72. The highest BCUT2D eigenvalue weighted by atomic mass is 79.9. The first-order valence-corrected chi connectivity index (χ1v) is 6.10. The summed E-state index contributed by atoms with van der Waals surface area (Å²) in [4.78, 5) is 2.35. The first kappa shape index (κ1) is 11.9. The lowest BCUT2D eigenvalue weighted by molar-refractivity contribution is -0.0336. The van der Waals surface area contributed by atoms with Crippen LogP contribution < -0.4 is 4.74 Å². The molecule has 0 aromatic heterocycles. The van der Waals surface area contributed by atoms with Crippen LogP contribution in [0.2, 0.25) is 0 Å². The van der Waals surface area contributed by atoms with Crippen LogP contribution in [0.1, 0.15) is 5.56 Å². The van der Waals surface area contributed by atoms with Crippen LogP contribution in [-0.4, -0.2) is 38.3 Å². The van der Waals surface area contributed by atoms with E-state index in [2.05, 4.69) is 26.9 Å². The smallest absolute Gasteiger partial charge is 0.123 e. The van der Waals surface area contributed by atoms with Crippen LogP contribution in [0.15, 0.2) is 22.7 Å². The van der Waals surface area contributed by atoms with E-state index in [9.17, 15) is 0 Å². The minimum atomic E-state index is 0.401.